The summed E-state index contributed by atoms with van der Waals surface area (Å²) in [5.41, 5.74) is 0. The lowest BCUT2D eigenvalue weighted by molar-refractivity contribution is -0.137. The first-order valence-electron chi connectivity index (χ1n) is 3.86. The number of allylic oxidation sites excluding steroid dienone is 3. The number of thioether (sulfide) groups is 1. The van der Waals surface area contributed by atoms with Crippen LogP contribution in [0, 0.1) is 0 Å². The fourth-order valence-corrected chi connectivity index (χ4v) is 0.900. The molecule has 0 aliphatic heterocycles. The largest absolute Gasteiger partial charge is 0.462 e. The molecule has 0 radical (unpaired) electrons. The highest BCUT2D eigenvalue weighted by molar-refractivity contribution is 9.11. The predicted octanol–water partition coefficient (Wildman–Crippen LogP) is 2.75. The van der Waals surface area contributed by atoms with E-state index in [2.05, 4.69) is 15.9 Å². The minimum absolute atomic E-state index is 0.298. The number of halogens is 1. The second-order valence-corrected chi connectivity index (χ2v) is 4.07. The van der Waals surface area contributed by atoms with Crippen molar-refractivity contribution in [1.29, 1.82) is 0 Å². The summed E-state index contributed by atoms with van der Waals surface area (Å²) in [5, 5.41) is 0. The van der Waals surface area contributed by atoms with Gasteiger partial charge in [0.2, 0.25) is 0 Å². The van der Waals surface area contributed by atoms with E-state index in [0.717, 1.165) is 10.2 Å². The molecule has 0 fully saturated rings. The molecule has 0 amide bonds. The number of esters is 1. The average Bonchev–Trinajstić information content (AvgIpc) is 2.14. The van der Waals surface area contributed by atoms with Crippen LogP contribution in [-0.4, -0.2) is 24.6 Å². The SMILES string of the molecule is C/C=C(Br)/C=C/C(=O)OCCSC. The molecule has 0 bridgehead atoms. The summed E-state index contributed by atoms with van der Waals surface area (Å²) in [6.07, 6.45) is 6.90. The molecule has 74 valence electrons. The third-order valence-corrected chi connectivity index (χ3v) is 2.48. The van der Waals surface area contributed by atoms with E-state index in [0.29, 0.717) is 6.61 Å². The van der Waals surface area contributed by atoms with E-state index >= 15 is 0 Å². The highest BCUT2D eigenvalue weighted by atomic mass is 79.9. The van der Waals surface area contributed by atoms with E-state index in [9.17, 15) is 4.79 Å². The van der Waals surface area contributed by atoms with Gasteiger partial charge in [-0.1, -0.05) is 22.0 Å². The molecule has 0 aromatic carbocycles. The van der Waals surface area contributed by atoms with Crippen molar-refractivity contribution in [3.05, 3.63) is 22.7 Å². The van der Waals surface area contributed by atoms with Crippen LogP contribution in [0.5, 0.6) is 0 Å². The summed E-state index contributed by atoms with van der Waals surface area (Å²) < 4.78 is 5.75. The summed E-state index contributed by atoms with van der Waals surface area (Å²) in [6, 6.07) is 0. The van der Waals surface area contributed by atoms with E-state index in [1.807, 2.05) is 19.3 Å². The summed E-state index contributed by atoms with van der Waals surface area (Å²) in [4.78, 5) is 11.0. The van der Waals surface area contributed by atoms with E-state index < -0.39 is 0 Å². The zero-order chi connectivity index (χ0) is 10.1. The second kappa shape index (κ2) is 8.38. The first-order chi connectivity index (χ1) is 6.20. The maximum atomic E-state index is 11.0. The number of carbonyl (C=O) groups is 1. The van der Waals surface area contributed by atoms with Crippen molar-refractivity contribution in [3.8, 4) is 0 Å². The third-order valence-electron chi connectivity index (χ3n) is 1.19. The van der Waals surface area contributed by atoms with Gasteiger partial charge in [0.15, 0.2) is 0 Å². The van der Waals surface area contributed by atoms with E-state index in [1.165, 1.54) is 6.08 Å². The van der Waals surface area contributed by atoms with Crippen molar-refractivity contribution in [1.82, 2.24) is 0 Å². The monoisotopic (exact) mass is 264 g/mol. The van der Waals surface area contributed by atoms with Crippen LogP contribution in [-0.2, 0) is 9.53 Å². The molecule has 0 atom stereocenters. The van der Waals surface area contributed by atoms with Gasteiger partial charge in [-0.05, 0) is 19.3 Å². The smallest absolute Gasteiger partial charge is 0.330 e. The van der Waals surface area contributed by atoms with Crippen LogP contribution in [0.2, 0.25) is 0 Å². The number of hydrogen-bond donors (Lipinski definition) is 0. The summed E-state index contributed by atoms with van der Waals surface area (Å²) in [6.45, 7) is 2.35. The molecule has 0 saturated carbocycles. The minimum Gasteiger partial charge on any atom is -0.462 e. The molecular weight excluding hydrogens is 252 g/mol. The molecule has 13 heavy (non-hydrogen) atoms. The average molecular weight is 265 g/mol. The number of ether oxygens (including phenoxy) is 1. The Kier molecular flexibility index (Phi) is 8.24. The van der Waals surface area contributed by atoms with Gasteiger partial charge in [0.05, 0.1) is 0 Å². The fraction of sp³-hybridized carbons (Fsp3) is 0.444. The van der Waals surface area contributed by atoms with Crippen LogP contribution in [0.15, 0.2) is 22.7 Å². The van der Waals surface area contributed by atoms with Gasteiger partial charge >= 0.3 is 5.97 Å². The Morgan fingerprint density at radius 1 is 1.54 bits per heavy atom. The van der Waals surface area contributed by atoms with Gasteiger partial charge in [0.1, 0.15) is 6.61 Å². The van der Waals surface area contributed by atoms with Crippen LogP contribution in [0.4, 0.5) is 0 Å². The number of hydrogen-bond acceptors (Lipinski definition) is 3. The van der Waals surface area contributed by atoms with Crippen molar-refractivity contribution < 1.29 is 9.53 Å². The first kappa shape index (κ1) is 12.8. The second-order valence-electron chi connectivity index (χ2n) is 2.17. The Hall–Kier alpha value is -0.220. The Bertz CT molecular complexity index is 212. The Morgan fingerprint density at radius 2 is 2.23 bits per heavy atom. The van der Waals surface area contributed by atoms with Crippen molar-refractivity contribution in [2.24, 2.45) is 0 Å². The van der Waals surface area contributed by atoms with Crippen molar-refractivity contribution >= 4 is 33.7 Å². The highest BCUT2D eigenvalue weighted by Gasteiger charge is 1.95. The number of rotatable bonds is 5. The number of carbonyl (C=O) groups excluding carboxylic acids is 1. The van der Waals surface area contributed by atoms with Gasteiger partial charge in [-0.15, -0.1) is 0 Å². The molecule has 0 spiro atoms. The molecule has 4 heteroatoms. The van der Waals surface area contributed by atoms with Crippen LogP contribution in [0.3, 0.4) is 0 Å². The standard InChI is InChI=1S/C9H13BrO2S/c1-3-8(10)4-5-9(11)12-6-7-13-2/h3-5H,6-7H2,1-2H3/b5-4+,8-3-. The topological polar surface area (TPSA) is 26.3 Å². The predicted molar refractivity (Wildman–Crippen MR) is 61.2 cm³/mol. The first-order valence-corrected chi connectivity index (χ1v) is 6.05. The van der Waals surface area contributed by atoms with Gasteiger partial charge in [0.25, 0.3) is 0 Å². The Labute approximate surface area is 91.5 Å². The van der Waals surface area contributed by atoms with E-state index in [1.54, 1.807) is 17.8 Å². The maximum Gasteiger partial charge on any atom is 0.330 e. The molecule has 0 aliphatic rings. The molecule has 0 saturated heterocycles. The Morgan fingerprint density at radius 3 is 2.77 bits per heavy atom. The molecule has 2 nitrogen and oxygen atoms in total. The van der Waals surface area contributed by atoms with Gasteiger partial charge in [-0.3, -0.25) is 0 Å². The lowest BCUT2D eigenvalue weighted by Gasteiger charge is -1.98. The lowest BCUT2D eigenvalue weighted by atomic mass is 10.4. The fourth-order valence-electron chi connectivity index (χ4n) is 0.518. The molecule has 0 aromatic rings. The molecular formula is C9H13BrO2S. The highest BCUT2D eigenvalue weighted by Crippen LogP contribution is 2.05. The molecule has 0 unspecified atom stereocenters. The lowest BCUT2D eigenvalue weighted by Crippen LogP contribution is -2.03. The molecule has 0 rings (SSSR count). The summed E-state index contributed by atoms with van der Waals surface area (Å²) in [7, 11) is 0. The molecule has 0 aliphatic carbocycles. The van der Waals surface area contributed by atoms with Crippen LogP contribution in [0.25, 0.3) is 0 Å². The molecule has 0 heterocycles. The zero-order valence-corrected chi connectivity index (χ0v) is 10.2. The quantitative estimate of drug-likeness (QED) is 0.331. The zero-order valence-electron chi connectivity index (χ0n) is 7.75. The maximum absolute atomic E-state index is 11.0. The van der Waals surface area contributed by atoms with Gasteiger partial charge in [-0.25, -0.2) is 4.79 Å². The van der Waals surface area contributed by atoms with Crippen LogP contribution >= 0.6 is 27.7 Å². The third kappa shape index (κ3) is 8.12. The molecule has 0 N–H and O–H groups in total. The van der Waals surface area contributed by atoms with E-state index in [4.69, 9.17) is 4.74 Å². The summed E-state index contributed by atoms with van der Waals surface area (Å²) >= 11 is 4.90. The van der Waals surface area contributed by atoms with Crippen molar-refractivity contribution in [3.63, 3.8) is 0 Å². The van der Waals surface area contributed by atoms with Crippen molar-refractivity contribution in [2.45, 2.75) is 6.92 Å². The molecule has 0 aromatic heterocycles. The van der Waals surface area contributed by atoms with E-state index in [-0.39, 0.29) is 5.97 Å². The van der Waals surface area contributed by atoms with Crippen LogP contribution in [0.1, 0.15) is 6.92 Å². The Balaban J connectivity index is 3.68. The van der Waals surface area contributed by atoms with Crippen LogP contribution < -0.4 is 0 Å². The van der Waals surface area contributed by atoms with Crippen molar-refractivity contribution in [2.75, 3.05) is 18.6 Å². The normalized spacial score (nSPS) is 12.1. The van der Waals surface area contributed by atoms with Gasteiger partial charge < -0.3 is 4.74 Å². The van der Waals surface area contributed by atoms with Gasteiger partial charge in [0, 0.05) is 16.3 Å². The van der Waals surface area contributed by atoms with Gasteiger partial charge in [-0.2, -0.15) is 11.8 Å². The minimum atomic E-state index is -0.298. The summed E-state index contributed by atoms with van der Waals surface area (Å²) in [5.74, 6) is 0.539.